The molecule has 2 aliphatic heterocycles. The number of amides is 2. The van der Waals surface area contributed by atoms with Gasteiger partial charge in [-0.15, -0.1) is 4.59 Å². The van der Waals surface area contributed by atoms with Crippen LogP contribution in [0.15, 0.2) is 88.5 Å². The smallest absolute Gasteiger partial charge is 0.381 e. The third-order valence-corrected chi connectivity index (χ3v) is 6.19. The molecule has 3 N–H and O–H groups in total. The molecule has 1 aromatic carbocycles. The fraction of sp³-hybridized carbons (Fsp3) is 0.222. The number of aliphatic imine (C=N–C) groups is 2. The van der Waals surface area contributed by atoms with E-state index in [-0.39, 0.29) is 21.9 Å². The van der Waals surface area contributed by atoms with Crippen molar-refractivity contribution in [3.63, 3.8) is 0 Å². The molecule has 13 heteroatoms. The summed E-state index contributed by atoms with van der Waals surface area (Å²) in [5.41, 5.74) is 1.21. The van der Waals surface area contributed by atoms with Gasteiger partial charge in [0, 0.05) is 45.0 Å². The minimum absolute atomic E-state index is 0.176. The first-order valence-corrected chi connectivity index (χ1v) is 12.1. The van der Waals surface area contributed by atoms with Crippen LogP contribution in [0.25, 0.3) is 0 Å². The average Bonchev–Trinajstić information content (AvgIpc) is 3.23. The molecular weight excluding hydrogens is 527 g/mol. The number of halogens is 3. The van der Waals surface area contributed by atoms with Gasteiger partial charge in [-0.05, 0) is 36.4 Å². The third kappa shape index (κ3) is 6.22. The van der Waals surface area contributed by atoms with Gasteiger partial charge in [0.15, 0.2) is 0 Å². The summed E-state index contributed by atoms with van der Waals surface area (Å²) in [4.78, 5) is 39.3. The highest BCUT2D eigenvalue weighted by Crippen LogP contribution is 2.33. The molecule has 10 nitrogen and oxygen atoms in total. The zero-order valence-electron chi connectivity index (χ0n) is 21.7. The molecule has 1 unspecified atom stereocenters. The Hall–Kier alpha value is -4.46. The normalized spacial score (nSPS) is 18.2. The van der Waals surface area contributed by atoms with Crippen molar-refractivity contribution < 1.29 is 32.1 Å². The lowest BCUT2D eigenvalue weighted by Crippen LogP contribution is -2.53. The number of nitrogens with two attached hydrogens (primary N) is 1. The van der Waals surface area contributed by atoms with E-state index in [2.05, 4.69) is 15.3 Å². The van der Waals surface area contributed by atoms with E-state index in [0.717, 1.165) is 18.3 Å². The van der Waals surface area contributed by atoms with Crippen molar-refractivity contribution in [1.29, 1.82) is 0 Å². The topological polar surface area (TPSA) is 122 Å². The summed E-state index contributed by atoms with van der Waals surface area (Å²) in [7, 11) is 3.22. The molecule has 4 rings (SSSR count). The van der Waals surface area contributed by atoms with Crippen LogP contribution in [0.3, 0.4) is 0 Å². The summed E-state index contributed by atoms with van der Waals surface area (Å²) < 4.78 is 43.6. The van der Waals surface area contributed by atoms with Crippen molar-refractivity contribution >= 4 is 29.7 Å². The maximum Gasteiger partial charge on any atom is 0.416 e. The number of alkyl halides is 3. The second kappa shape index (κ2) is 11.7. The molecule has 1 aromatic heterocycles. The number of anilines is 1. The third-order valence-electron chi connectivity index (χ3n) is 6.19. The number of quaternary nitrogens is 1. The Morgan fingerprint density at radius 2 is 1.95 bits per heavy atom. The molecule has 0 aliphatic carbocycles. The van der Waals surface area contributed by atoms with Crippen molar-refractivity contribution in [2.45, 2.75) is 12.6 Å². The SMILES string of the molecule is COC/C=C/C(=O)N(C)CCC1=C2C=NC=C[N+]2(N)C(c2ccc(C(=O)Nc3cc(C(F)(F)F)ccn3)cc2)=N1. The first-order chi connectivity index (χ1) is 19.0. The number of carbonyl (C=O) groups excluding carboxylic acids is 2. The molecular formula is C27H27F3N7O3+. The van der Waals surface area contributed by atoms with Gasteiger partial charge >= 0.3 is 6.18 Å². The predicted octanol–water partition coefficient (Wildman–Crippen LogP) is 3.62. The zero-order chi connectivity index (χ0) is 28.9. The molecule has 0 bridgehead atoms. The van der Waals surface area contributed by atoms with Crippen LogP contribution in [0.1, 0.15) is 27.9 Å². The number of ether oxygens (including phenoxy) is 1. The van der Waals surface area contributed by atoms with Crippen LogP contribution in [-0.4, -0.2) is 65.6 Å². The zero-order valence-corrected chi connectivity index (χ0v) is 21.7. The standard InChI is InChI=1S/C27H26F3N7O3/c1-36(24(38)4-3-15-40-2)13-10-21-22-17-32-12-14-37(22,31)25(34-21)18-5-7-19(8-6-18)26(39)35-23-16-20(9-11-33-23)27(28,29)30/h3-9,11-12,14,16-17H,10,13,15,31H2,1-2H3/p+1/b4-3+. The van der Waals surface area contributed by atoms with Crippen LogP contribution in [0.4, 0.5) is 19.0 Å². The predicted molar refractivity (Wildman–Crippen MR) is 143 cm³/mol. The molecule has 40 heavy (non-hydrogen) atoms. The summed E-state index contributed by atoms with van der Waals surface area (Å²) in [5, 5.41) is 2.38. The number of hydrogen-bond acceptors (Lipinski definition) is 7. The number of pyridine rings is 1. The van der Waals surface area contributed by atoms with Gasteiger partial charge in [-0.3, -0.25) is 14.6 Å². The number of nitrogens with one attached hydrogen (secondary N) is 1. The Morgan fingerprint density at radius 1 is 1.20 bits per heavy atom. The van der Waals surface area contributed by atoms with Crippen molar-refractivity contribution in [1.82, 2.24) is 9.88 Å². The number of amidine groups is 1. The van der Waals surface area contributed by atoms with E-state index in [1.807, 2.05) is 0 Å². The number of aromatic nitrogens is 1. The number of hydrogen-bond donors (Lipinski definition) is 2. The number of likely N-dealkylation sites (N-methyl/N-ethyl adjacent to an activating group) is 1. The lowest BCUT2D eigenvalue weighted by Gasteiger charge is -2.26. The lowest BCUT2D eigenvalue weighted by atomic mass is 10.1. The molecule has 0 radical (unpaired) electrons. The highest BCUT2D eigenvalue weighted by atomic mass is 19.4. The van der Waals surface area contributed by atoms with E-state index in [0.29, 0.717) is 42.4 Å². The maximum atomic E-state index is 13.0. The van der Waals surface area contributed by atoms with Gasteiger partial charge in [-0.1, -0.05) is 6.08 Å². The fourth-order valence-electron chi connectivity index (χ4n) is 4.03. The van der Waals surface area contributed by atoms with Crippen LogP contribution in [-0.2, 0) is 15.7 Å². The van der Waals surface area contributed by atoms with Gasteiger partial charge in [-0.2, -0.15) is 24.0 Å². The van der Waals surface area contributed by atoms with Crippen LogP contribution in [0.5, 0.6) is 0 Å². The second-order valence-electron chi connectivity index (χ2n) is 8.95. The number of allylic oxidation sites excluding steroid dienone is 1. The summed E-state index contributed by atoms with van der Waals surface area (Å²) >= 11 is 0. The molecule has 0 saturated heterocycles. The summed E-state index contributed by atoms with van der Waals surface area (Å²) in [6, 6.07) is 7.93. The molecule has 3 heterocycles. The quantitative estimate of drug-likeness (QED) is 0.279. The van der Waals surface area contributed by atoms with E-state index in [1.54, 1.807) is 55.9 Å². The monoisotopic (exact) mass is 554 g/mol. The van der Waals surface area contributed by atoms with Crippen molar-refractivity contribution in [2.24, 2.45) is 15.8 Å². The summed E-state index contributed by atoms with van der Waals surface area (Å²) in [5.74, 6) is 6.17. The number of nitrogens with zero attached hydrogens (tertiary/aromatic N) is 5. The largest absolute Gasteiger partial charge is 0.416 e. The van der Waals surface area contributed by atoms with Crippen molar-refractivity contribution in [2.75, 3.05) is 32.6 Å². The van der Waals surface area contributed by atoms with Crippen LogP contribution < -0.4 is 11.2 Å². The van der Waals surface area contributed by atoms with Crippen molar-refractivity contribution in [3.8, 4) is 0 Å². The van der Waals surface area contributed by atoms with E-state index in [9.17, 15) is 22.8 Å². The Balaban J connectivity index is 1.50. The minimum Gasteiger partial charge on any atom is -0.381 e. The molecule has 208 valence electrons. The molecule has 0 spiro atoms. The number of carbonyl (C=O) groups is 2. The second-order valence-corrected chi connectivity index (χ2v) is 8.95. The molecule has 1 atom stereocenters. The van der Waals surface area contributed by atoms with E-state index >= 15 is 0 Å². The molecule has 2 aliphatic rings. The minimum atomic E-state index is -4.56. The number of fused-ring (bicyclic) bond motifs is 1. The number of benzene rings is 1. The van der Waals surface area contributed by atoms with E-state index in [1.165, 1.54) is 18.2 Å². The Kier molecular flexibility index (Phi) is 8.38. The van der Waals surface area contributed by atoms with Gasteiger partial charge in [0.1, 0.15) is 17.7 Å². The van der Waals surface area contributed by atoms with Crippen LogP contribution >= 0.6 is 0 Å². The summed E-state index contributed by atoms with van der Waals surface area (Å²) in [6.07, 6.45) is 4.76. The first-order valence-electron chi connectivity index (χ1n) is 12.1. The number of methoxy groups -OCH3 is 1. The highest BCUT2D eigenvalue weighted by Gasteiger charge is 2.43. The van der Waals surface area contributed by atoms with Gasteiger partial charge in [-0.25, -0.2) is 4.98 Å². The Labute approximate surface area is 228 Å². The van der Waals surface area contributed by atoms with Gasteiger partial charge in [0.2, 0.25) is 11.6 Å². The highest BCUT2D eigenvalue weighted by molar-refractivity contribution is 6.05. The first kappa shape index (κ1) is 28.5. The molecule has 2 amide bonds. The van der Waals surface area contributed by atoms with E-state index in [4.69, 9.17) is 15.6 Å². The Bertz CT molecular complexity index is 1450. The Morgan fingerprint density at radius 3 is 2.65 bits per heavy atom. The molecule has 0 saturated carbocycles. The van der Waals surface area contributed by atoms with E-state index < -0.39 is 17.6 Å². The number of rotatable bonds is 9. The lowest BCUT2D eigenvalue weighted by molar-refractivity contribution is -0.750. The maximum absolute atomic E-state index is 13.0. The average molecular weight is 555 g/mol. The van der Waals surface area contributed by atoms with Gasteiger partial charge in [0.05, 0.1) is 30.1 Å². The summed E-state index contributed by atoms with van der Waals surface area (Å²) in [6.45, 7) is 0.715. The van der Waals surface area contributed by atoms with Gasteiger partial charge < -0.3 is 15.0 Å². The molecule has 0 fully saturated rings. The van der Waals surface area contributed by atoms with Gasteiger partial charge in [0.25, 0.3) is 11.7 Å². The van der Waals surface area contributed by atoms with Crippen LogP contribution in [0, 0.1) is 0 Å². The fourth-order valence-corrected chi connectivity index (χ4v) is 4.03. The van der Waals surface area contributed by atoms with Crippen molar-refractivity contribution in [3.05, 3.63) is 95.2 Å². The molecule has 2 aromatic rings. The van der Waals surface area contributed by atoms with Crippen LogP contribution in [0.2, 0.25) is 0 Å².